The predicted octanol–water partition coefficient (Wildman–Crippen LogP) is 2.85. The van der Waals surface area contributed by atoms with Crippen LogP contribution in [0.5, 0.6) is 5.75 Å². The van der Waals surface area contributed by atoms with Gasteiger partial charge in [-0.05, 0) is 43.3 Å². The number of ether oxygens (including phenoxy) is 1. The number of hydrogen-bond donors (Lipinski definition) is 1. The summed E-state index contributed by atoms with van der Waals surface area (Å²) in [6.07, 6.45) is 1.70. The molecule has 0 aliphatic heterocycles. The van der Waals surface area contributed by atoms with E-state index in [9.17, 15) is 4.39 Å². The Labute approximate surface area is 112 Å². The fraction of sp³-hybridized carbons (Fsp3) is 0.267. The Kier molecular flexibility index (Phi) is 4.12. The molecular weight excluding hydrogens is 243 g/mol. The Balaban J connectivity index is 2.46. The lowest BCUT2D eigenvalue weighted by molar-refractivity contribution is 0.401. The van der Waals surface area contributed by atoms with Crippen LogP contribution in [-0.2, 0) is 0 Å². The second-order valence-electron chi connectivity index (χ2n) is 4.32. The molecule has 2 rings (SSSR count). The zero-order chi connectivity index (χ0) is 13.8. The average Bonchev–Trinajstić information content (AvgIpc) is 2.44. The van der Waals surface area contributed by atoms with Crippen LogP contribution in [0.15, 0.2) is 36.5 Å². The maximum atomic E-state index is 13.7. The largest absolute Gasteiger partial charge is 0.495 e. The van der Waals surface area contributed by atoms with Crippen molar-refractivity contribution in [3.05, 3.63) is 59.2 Å². The highest BCUT2D eigenvalue weighted by Gasteiger charge is 2.18. The summed E-state index contributed by atoms with van der Waals surface area (Å²) in [6.45, 7) is 1.74. The van der Waals surface area contributed by atoms with Gasteiger partial charge in [0.05, 0.1) is 13.2 Å². The minimum Gasteiger partial charge on any atom is -0.495 e. The zero-order valence-electron chi connectivity index (χ0n) is 11.3. The molecule has 19 heavy (non-hydrogen) atoms. The monoisotopic (exact) mass is 260 g/mol. The van der Waals surface area contributed by atoms with Crippen LogP contribution in [-0.4, -0.2) is 19.1 Å². The summed E-state index contributed by atoms with van der Waals surface area (Å²) < 4.78 is 19.0. The molecule has 1 heterocycles. The third kappa shape index (κ3) is 2.74. The molecule has 1 aromatic heterocycles. The van der Waals surface area contributed by atoms with Gasteiger partial charge in [0.25, 0.3) is 0 Å². The molecule has 1 atom stereocenters. The first-order valence-electron chi connectivity index (χ1n) is 6.09. The molecule has 4 heteroatoms. The Bertz CT molecular complexity index is 572. The van der Waals surface area contributed by atoms with Crippen molar-refractivity contribution in [2.45, 2.75) is 13.0 Å². The molecule has 0 aliphatic carbocycles. The van der Waals surface area contributed by atoms with E-state index in [4.69, 9.17) is 4.74 Å². The molecule has 1 N–H and O–H groups in total. The van der Waals surface area contributed by atoms with Crippen LogP contribution in [0, 0.1) is 12.7 Å². The number of nitrogens with zero attached hydrogens (tertiary/aromatic N) is 1. The maximum absolute atomic E-state index is 13.7. The molecule has 1 aromatic carbocycles. The first-order chi connectivity index (χ1) is 9.17. The first kappa shape index (κ1) is 13.5. The second kappa shape index (κ2) is 5.80. The van der Waals surface area contributed by atoms with Crippen LogP contribution in [0.25, 0.3) is 0 Å². The van der Waals surface area contributed by atoms with Crippen molar-refractivity contribution in [3.8, 4) is 5.75 Å². The number of rotatable bonds is 4. The Morgan fingerprint density at radius 3 is 2.74 bits per heavy atom. The molecule has 2 aromatic rings. The normalized spacial score (nSPS) is 12.2. The van der Waals surface area contributed by atoms with Crippen molar-refractivity contribution in [2.24, 2.45) is 0 Å². The molecule has 0 bridgehead atoms. The van der Waals surface area contributed by atoms with Gasteiger partial charge in [-0.2, -0.15) is 0 Å². The van der Waals surface area contributed by atoms with Gasteiger partial charge in [0.2, 0.25) is 0 Å². The van der Waals surface area contributed by atoms with Gasteiger partial charge in [-0.3, -0.25) is 4.98 Å². The van der Waals surface area contributed by atoms with E-state index in [0.717, 1.165) is 11.3 Å². The van der Waals surface area contributed by atoms with E-state index in [1.807, 2.05) is 25.2 Å². The van der Waals surface area contributed by atoms with Gasteiger partial charge in [0.15, 0.2) is 0 Å². The highest BCUT2D eigenvalue weighted by Crippen LogP contribution is 2.28. The van der Waals surface area contributed by atoms with Crippen molar-refractivity contribution in [2.75, 3.05) is 14.2 Å². The van der Waals surface area contributed by atoms with E-state index < -0.39 is 0 Å². The molecule has 0 saturated carbocycles. The third-order valence-corrected chi connectivity index (χ3v) is 3.11. The van der Waals surface area contributed by atoms with E-state index in [1.165, 1.54) is 6.07 Å². The third-order valence-electron chi connectivity index (χ3n) is 3.11. The molecule has 0 amide bonds. The molecule has 1 unspecified atom stereocenters. The molecule has 0 spiro atoms. The van der Waals surface area contributed by atoms with Crippen molar-refractivity contribution in [3.63, 3.8) is 0 Å². The lowest BCUT2D eigenvalue weighted by Crippen LogP contribution is -2.20. The summed E-state index contributed by atoms with van der Waals surface area (Å²) in [5.41, 5.74) is 2.20. The van der Waals surface area contributed by atoms with E-state index in [1.54, 1.807) is 26.3 Å². The van der Waals surface area contributed by atoms with Crippen molar-refractivity contribution >= 4 is 0 Å². The maximum Gasteiger partial charge on any atom is 0.142 e. The van der Waals surface area contributed by atoms with Gasteiger partial charge in [-0.15, -0.1) is 0 Å². The molecule has 3 nitrogen and oxygen atoms in total. The van der Waals surface area contributed by atoms with Gasteiger partial charge in [0, 0.05) is 6.20 Å². The first-order valence-corrected chi connectivity index (χ1v) is 6.09. The van der Waals surface area contributed by atoms with Crippen molar-refractivity contribution in [1.82, 2.24) is 10.3 Å². The number of pyridine rings is 1. The second-order valence-corrected chi connectivity index (χ2v) is 4.32. The lowest BCUT2D eigenvalue weighted by Gasteiger charge is -2.19. The van der Waals surface area contributed by atoms with Gasteiger partial charge in [-0.1, -0.05) is 12.1 Å². The van der Waals surface area contributed by atoms with E-state index in [-0.39, 0.29) is 11.9 Å². The quantitative estimate of drug-likeness (QED) is 0.918. The molecule has 0 saturated heterocycles. The van der Waals surface area contributed by atoms with Crippen LogP contribution in [0.1, 0.15) is 22.9 Å². The number of aromatic nitrogens is 1. The summed E-state index contributed by atoms with van der Waals surface area (Å²) in [4.78, 5) is 4.34. The summed E-state index contributed by atoms with van der Waals surface area (Å²) in [7, 11) is 3.42. The minimum atomic E-state index is -0.215. The number of methoxy groups -OCH3 is 1. The standard InChI is InChI=1S/C15H17FN2O/c1-10-6-7-11(9-12(10)16)14(17-2)15-13(19-3)5-4-8-18-15/h4-9,14,17H,1-3H3. The van der Waals surface area contributed by atoms with Gasteiger partial charge >= 0.3 is 0 Å². The number of benzene rings is 1. The number of halogens is 1. The molecule has 0 radical (unpaired) electrons. The Morgan fingerprint density at radius 2 is 2.11 bits per heavy atom. The van der Waals surface area contributed by atoms with Crippen LogP contribution in [0.2, 0.25) is 0 Å². The van der Waals surface area contributed by atoms with Gasteiger partial charge in [-0.25, -0.2) is 4.39 Å². The van der Waals surface area contributed by atoms with E-state index >= 15 is 0 Å². The topological polar surface area (TPSA) is 34.2 Å². The smallest absolute Gasteiger partial charge is 0.142 e. The highest BCUT2D eigenvalue weighted by atomic mass is 19.1. The van der Waals surface area contributed by atoms with Crippen LogP contribution in [0.3, 0.4) is 0 Å². The van der Waals surface area contributed by atoms with Crippen LogP contribution < -0.4 is 10.1 Å². The molecule has 100 valence electrons. The number of nitrogens with one attached hydrogen (secondary N) is 1. The SMILES string of the molecule is CNC(c1ccc(C)c(F)c1)c1ncccc1OC. The van der Waals surface area contributed by atoms with E-state index in [0.29, 0.717) is 11.3 Å². The molecular formula is C15H17FN2O. The summed E-state index contributed by atoms with van der Waals surface area (Å²) in [5, 5.41) is 3.15. The fourth-order valence-corrected chi connectivity index (χ4v) is 2.04. The van der Waals surface area contributed by atoms with Crippen molar-refractivity contribution in [1.29, 1.82) is 0 Å². The zero-order valence-corrected chi connectivity index (χ0v) is 11.3. The summed E-state index contributed by atoms with van der Waals surface area (Å²) in [6, 6.07) is 8.65. The van der Waals surface area contributed by atoms with Crippen LogP contribution in [0.4, 0.5) is 4.39 Å². The fourth-order valence-electron chi connectivity index (χ4n) is 2.04. The Hall–Kier alpha value is -1.94. The minimum absolute atomic E-state index is 0.203. The Morgan fingerprint density at radius 1 is 1.32 bits per heavy atom. The summed E-state index contributed by atoms with van der Waals surface area (Å²) in [5.74, 6) is 0.468. The number of aryl methyl sites for hydroxylation is 1. The van der Waals surface area contributed by atoms with Gasteiger partial charge < -0.3 is 10.1 Å². The van der Waals surface area contributed by atoms with Crippen molar-refractivity contribution < 1.29 is 9.13 Å². The van der Waals surface area contributed by atoms with E-state index in [2.05, 4.69) is 10.3 Å². The van der Waals surface area contributed by atoms with Gasteiger partial charge in [0.1, 0.15) is 17.3 Å². The lowest BCUT2D eigenvalue weighted by atomic mass is 10.0. The number of hydrogen-bond acceptors (Lipinski definition) is 3. The molecule has 0 aliphatic rings. The predicted molar refractivity (Wildman–Crippen MR) is 72.8 cm³/mol. The average molecular weight is 260 g/mol. The van der Waals surface area contributed by atoms with Crippen LogP contribution >= 0.6 is 0 Å². The highest BCUT2D eigenvalue weighted by molar-refractivity contribution is 5.37. The molecule has 0 fully saturated rings. The summed E-state index contributed by atoms with van der Waals surface area (Å²) >= 11 is 0.